The quantitative estimate of drug-likeness (QED) is 0.927. The van der Waals surface area contributed by atoms with Crippen molar-refractivity contribution in [1.29, 1.82) is 0 Å². The maximum atomic E-state index is 5.87. The van der Waals surface area contributed by atoms with Crippen LogP contribution in [0.25, 0.3) is 0 Å². The molecule has 0 radical (unpaired) electrons. The summed E-state index contributed by atoms with van der Waals surface area (Å²) in [5.41, 5.74) is 8.39. The number of aryl methyl sites for hydroxylation is 1. The molecule has 1 heterocycles. The van der Waals surface area contributed by atoms with Gasteiger partial charge in [0.25, 0.3) is 0 Å². The molecule has 4 nitrogen and oxygen atoms in total. The fourth-order valence-corrected chi connectivity index (χ4v) is 1.97. The van der Waals surface area contributed by atoms with Gasteiger partial charge in [0, 0.05) is 25.6 Å². The third kappa shape index (κ3) is 3.47. The average molecular weight is 270 g/mol. The third-order valence-corrected chi connectivity index (χ3v) is 3.20. The highest BCUT2D eigenvalue weighted by molar-refractivity contribution is 5.47. The van der Waals surface area contributed by atoms with Crippen molar-refractivity contribution in [2.75, 3.05) is 17.7 Å². The van der Waals surface area contributed by atoms with Gasteiger partial charge in [-0.1, -0.05) is 43.7 Å². The summed E-state index contributed by atoms with van der Waals surface area (Å²) in [4.78, 5) is 10.9. The number of nitrogen functional groups attached to an aromatic ring is 1. The van der Waals surface area contributed by atoms with Gasteiger partial charge in [0.2, 0.25) is 0 Å². The number of anilines is 2. The van der Waals surface area contributed by atoms with Gasteiger partial charge in [-0.3, -0.25) is 0 Å². The van der Waals surface area contributed by atoms with Crippen LogP contribution in [0.4, 0.5) is 11.6 Å². The number of hydrogen-bond donors (Lipinski definition) is 1. The predicted molar refractivity (Wildman–Crippen MR) is 83.8 cm³/mol. The molecule has 20 heavy (non-hydrogen) atoms. The molecular formula is C16H22N4. The van der Waals surface area contributed by atoms with E-state index in [-0.39, 0.29) is 5.92 Å². The summed E-state index contributed by atoms with van der Waals surface area (Å²) >= 11 is 0. The Hall–Kier alpha value is -2.10. The summed E-state index contributed by atoms with van der Waals surface area (Å²) in [6, 6.07) is 10.3. The van der Waals surface area contributed by atoms with Crippen LogP contribution in [-0.4, -0.2) is 17.0 Å². The topological polar surface area (TPSA) is 55.0 Å². The second-order valence-corrected chi connectivity index (χ2v) is 5.51. The van der Waals surface area contributed by atoms with Gasteiger partial charge in [0.1, 0.15) is 17.5 Å². The summed E-state index contributed by atoms with van der Waals surface area (Å²) < 4.78 is 0. The molecule has 2 aromatic rings. The number of nitrogens with zero attached hydrogens (tertiary/aromatic N) is 3. The van der Waals surface area contributed by atoms with E-state index in [0.717, 1.165) is 18.2 Å². The van der Waals surface area contributed by atoms with E-state index < -0.39 is 0 Å². The van der Waals surface area contributed by atoms with Gasteiger partial charge in [-0.15, -0.1) is 0 Å². The minimum Gasteiger partial charge on any atom is -0.384 e. The third-order valence-electron chi connectivity index (χ3n) is 3.20. The van der Waals surface area contributed by atoms with Gasteiger partial charge in [-0.2, -0.15) is 0 Å². The first-order chi connectivity index (χ1) is 9.45. The van der Waals surface area contributed by atoms with Crippen LogP contribution < -0.4 is 10.6 Å². The zero-order chi connectivity index (χ0) is 14.7. The fourth-order valence-electron chi connectivity index (χ4n) is 1.97. The zero-order valence-corrected chi connectivity index (χ0v) is 12.6. The van der Waals surface area contributed by atoms with Crippen molar-refractivity contribution in [3.63, 3.8) is 0 Å². The molecule has 0 fully saturated rings. The van der Waals surface area contributed by atoms with Crippen LogP contribution >= 0.6 is 0 Å². The molecule has 0 amide bonds. The lowest BCUT2D eigenvalue weighted by Crippen LogP contribution is -2.19. The molecule has 0 aliphatic heterocycles. The number of hydrogen-bond acceptors (Lipinski definition) is 4. The summed E-state index contributed by atoms with van der Waals surface area (Å²) in [6.07, 6.45) is 0. The van der Waals surface area contributed by atoms with Gasteiger partial charge in [0.05, 0.1) is 0 Å². The Morgan fingerprint density at radius 1 is 1.15 bits per heavy atom. The lowest BCUT2D eigenvalue weighted by molar-refractivity contribution is 0.765. The predicted octanol–water partition coefficient (Wildman–Crippen LogP) is 3.13. The Balaban J connectivity index is 2.20. The molecule has 0 saturated carbocycles. The highest BCUT2D eigenvalue weighted by Gasteiger charge is 2.10. The van der Waals surface area contributed by atoms with Gasteiger partial charge in [-0.25, -0.2) is 9.97 Å². The van der Waals surface area contributed by atoms with E-state index in [4.69, 9.17) is 5.73 Å². The van der Waals surface area contributed by atoms with E-state index in [1.54, 1.807) is 0 Å². The van der Waals surface area contributed by atoms with E-state index in [9.17, 15) is 0 Å². The van der Waals surface area contributed by atoms with Gasteiger partial charge in [-0.05, 0) is 12.5 Å². The molecule has 0 atom stereocenters. The van der Waals surface area contributed by atoms with Crippen LogP contribution in [0.3, 0.4) is 0 Å². The molecule has 0 spiro atoms. The summed E-state index contributed by atoms with van der Waals surface area (Å²) in [6.45, 7) is 7.03. The first-order valence-electron chi connectivity index (χ1n) is 6.87. The normalized spacial score (nSPS) is 10.8. The Kier molecular flexibility index (Phi) is 4.23. The van der Waals surface area contributed by atoms with E-state index in [1.807, 2.05) is 13.1 Å². The molecule has 2 N–H and O–H groups in total. The Morgan fingerprint density at radius 2 is 1.80 bits per heavy atom. The minimum absolute atomic E-state index is 0.269. The molecule has 0 bridgehead atoms. The van der Waals surface area contributed by atoms with Crippen LogP contribution in [0.2, 0.25) is 0 Å². The Labute approximate surface area is 120 Å². The maximum Gasteiger partial charge on any atom is 0.135 e. The molecule has 0 aliphatic carbocycles. The van der Waals surface area contributed by atoms with Crippen molar-refractivity contribution in [2.24, 2.45) is 0 Å². The highest BCUT2D eigenvalue weighted by atomic mass is 15.2. The molecule has 106 valence electrons. The number of nitrogens with two attached hydrogens (primary N) is 1. The SMILES string of the molecule is Cc1ccc(CN(C)c2cc(N)nc(C(C)C)n2)cc1. The van der Waals surface area contributed by atoms with E-state index in [2.05, 4.69) is 59.9 Å². The monoisotopic (exact) mass is 270 g/mol. The van der Waals surface area contributed by atoms with E-state index in [0.29, 0.717) is 5.82 Å². The summed E-state index contributed by atoms with van der Waals surface area (Å²) in [7, 11) is 2.02. The second kappa shape index (κ2) is 5.90. The average Bonchev–Trinajstić information content (AvgIpc) is 2.40. The molecule has 0 saturated heterocycles. The largest absolute Gasteiger partial charge is 0.384 e. The Morgan fingerprint density at radius 3 is 2.40 bits per heavy atom. The minimum atomic E-state index is 0.269. The van der Waals surface area contributed by atoms with Gasteiger partial charge < -0.3 is 10.6 Å². The van der Waals surface area contributed by atoms with Crippen molar-refractivity contribution >= 4 is 11.6 Å². The van der Waals surface area contributed by atoms with Crippen LogP contribution in [0.1, 0.15) is 36.7 Å². The summed E-state index contributed by atoms with van der Waals surface area (Å²) in [5.74, 6) is 2.44. The Bertz CT molecular complexity index is 576. The molecule has 0 unspecified atom stereocenters. The molecule has 4 heteroatoms. The number of benzene rings is 1. The second-order valence-electron chi connectivity index (χ2n) is 5.51. The molecule has 2 rings (SSSR count). The highest BCUT2D eigenvalue weighted by Crippen LogP contribution is 2.19. The maximum absolute atomic E-state index is 5.87. The fraction of sp³-hybridized carbons (Fsp3) is 0.375. The van der Waals surface area contributed by atoms with Gasteiger partial charge in [0.15, 0.2) is 0 Å². The molecule has 1 aromatic heterocycles. The van der Waals surface area contributed by atoms with Crippen molar-refractivity contribution in [3.05, 3.63) is 47.3 Å². The summed E-state index contributed by atoms with van der Waals surface area (Å²) in [5, 5.41) is 0. The van der Waals surface area contributed by atoms with Gasteiger partial charge >= 0.3 is 0 Å². The first-order valence-corrected chi connectivity index (χ1v) is 6.87. The zero-order valence-electron chi connectivity index (χ0n) is 12.6. The van der Waals surface area contributed by atoms with E-state index in [1.165, 1.54) is 11.1 Å². The van der Waals surface area contributed by atoms with E-state index >= 15 is 0 Å². The standard InChI is InChI=1S/C16H22N4/c1-11(2)16-18-14(17)9-15(19-16)20(4)10-13-7-5-12(3)6-8-13/h5-9,11H,10H2,1-4H3,(H2,17,18,19). The van der Waals surface area contributed by atoms with Crippen LogP contribution in [-0.2, 0) is 6.54 Å². The van der Waals surface area contributed by atoms with Crippen molar-refractivity contribution < 1.29 is 0 Å². The molecular weight excluding hydrogens is 248 g/mol. The lowest BCUT2D eigenvalue weighted by atomic mass is 10.1. The van der Waals surface area contributed by atoms with Crippen LogP contribution in [0, 0.1) is 6.92 Å². The molecule has 1 aromatic carbocycles. The van der Waals surface area contributed by atoms with Crippen molar-refractivity contribution in [3.8, 4) is 0 Å². The van der Waals surface area contributed by atoms with Crippen LogP contribution in [0.15, 0.2) is 30.3 Å². The lowest BCUT2D eigenvalue weighted by Gasteiger charge is -2.20. The first kappa shape index (κ1) is 14.3. The number of aromatic nitrogens is 2. The van der Waals surface area contributed by atoms with Crippen LogP contribution in [0.5, 0.6) is 0 Å². The smallest absolute Gasteiger partial charge is 0.135 e. The molecule has 0 aliphatic rings. The van der Waals surface area contributed by atoms with Crippen molar-refractivity contribution in [2.45, 2.75) is 33.2 Å². The van der Waals surface area contributed by atoms with Crippen molar-refractivity contribution in [1.82, 2.24) is 9.97 Å². The number of rotatable bonds is 4.